The lowest BCUT2D eigenvalue weighted by Crippen LogP contribution is -2.47. The zero-order valence-electron chi connectivity index (χ0n) is 11.5. The molecule has 1 unspecified atom stereocenters. The van der Waals surface area contributed by atoms with Crippen molar-refractivity contribution in [2.45, 2.75) is 44.4 Å². The fraction of sp³-hybridized carbons (Fsp3) is 0.800. The summed E-state index contributed by atoms with van der Waals surface area (Å²) in [4.78, 5) is 15.6. The van der Waals surface area contributed by atoms with Gasteiger partial charge in [-0.2, -0.15) is 5.10 Å². The van der Waals surface area contributed by atoms with Gasteiger partial charge in [-0.1, -0.05) is 0 Å². The molecule has 5 heteroatoms. The van der Waals surface area contributed by atoms with E-state index >= 15 is 0 Å². The molecule has 1 aromatic heterocycles. The van der Waals surface area contributed by atoms with E-state index in [4.69, 9.17) is 0 Å². The molecule has 0 aromatic carbocycles. The molecule has 2 N–H and O–H groups in total. The van der Waals surface area contributed by atoms with E-state index in [2.05, 4.69) is 15.2 Å². The molecule has 0 radical (unpaired) electrons. The van der Waals surface area contributed by atoms with Crippen LogP contribution >= 0.6 is 0 Å². The quantitative estimate of drug-likeness (QED) is 0.884. The predicted octanol–water partition coefficient (Wildman–Crippen LogP) is 2.44. The summed E-state index contributed by atoms with van der Waals surface area (Å²) >= 11 is 0. The highest BCUT2D eigenvalue weighted by molar-refractivity contribution is 5.67. The van der Waals surface area contributed by atoms with Crippen LogP contribution in [0.4, 0.5) is 0 Å². The van der Waals surface area contributed by atoms with Gasteiger partial charge < -0.3 is 5.11 Å². The number of aromatic nitrogens is 3. The normalized spacial score (nSPS) is 39.9. The van der Waals surface area contributed by atoms with Gasteiger partial charge >= 0.3 is 5.97 Å². The van der Waals surface area contributed by atoms with Crippen molar-refractivity contribution in [2.75, 3.05) is 0 Å². The van der Waals surface area contributed by atoms with Crippen LogP contribution in [0.2, 0.25) is 0 Å². The van der Waals surface area contributed by atoms with Gasteiger partial charge in [-0.3, -0.25) is 9.89 Å². The minimum Gasteiger partial charge on any atom is -0.481 e. The summed E-state index contributed by atoms with van der Waals surface area (Å²) in [5.74, 6) is 3.81. The maximum Gasteiger partial charge on any atom is 0.304 e. The summed E-state index contributed by atoms with van der Waals surface area (Å²) in [7, 11) is 0. The maximum atomic E-state index is 11.3. The van der Waals surface area contributed by atoms with E-state index in [1.165, 1.54) is 38.4 Å². The van der Waals surface area contributed by atoms with Crippen molar-refractivity contribution >= 4 is 5.97 Å². The number of rotatable bonds is 4. The molecular formula is C15H21N3O2. The maximum absolute atomic E-state index is 11.3. The Morgan fingerprint density at radius 2 is 1.90 bits per heavy atom. The Morgan fingerprint density at radius 1 is 1.25 bits per heavy atom. The minimum absolute atomic E-state index is 0.0185. The molecule has 20 heavy (non-hydrogen) atoms. The van der Waals surface area contributed by atoms with E-state index in [-0.39, 0.29) is 12.3 Å². The van der Waals surface area contributed by atoms with Gasteiger partial charge in [-0.05, 0) is 61.7 Å². The van der Waals surface area contributed by atoms with Crippen molar-refractivity contribution < 1.29 is 9.90 Å². The molecule has 5 nitrogen and oxygen atoms in total. The highest BCUT2D eigenvalue weighted by atomic mass is 16.4. The average Bonchev–Trinajstić information content (AvgIpc) is 2.89. The van der Waals surface area contributed by atoms with Crippen LogP contribution in [0.15, 0.2) is 6.33 Å². The van der Waals surface area contributed by atoms with Crippen molar-refractivity contribution in [3.05, 3.63) is 12.2 Å². The molecular weight excluding hydrogens is 254 g/mol. The number of aromatic amines is 1. The first-order valence-corrected chi connectivity index (χ1v) is 7.77. The first kappa shape index (κ1) is 12.4. The van der Waals surface area contributed by atoms with Crippen LogP contribution in [0.3, 0.4) is 0 Å². The minimum atomic E-state index is -0.722. The topological polar surface area (TPSA) is 78.9 Å². The van der Waals surface area contributed by atoms with Crippen molar-refractivity contribution in [2.24, 2.45) is 29.6 Å². The number of nitrogens with zero attached hydrogens (tertiary/aromatic N) is 2. The molecule has 4 aliphatic rings. The van der Waals surface area contributed by atoms with E-state index in [0.717, 1.165) is 17.7 Å². The standard InChI is InChI=1S/C15H21N3O2/c19-13(20)6-12(15-16-7-17-18-15)14-10-2-8-1-9(4-10)5-11(14)3-8/h7-12,14H,1-6H2,(H,19,20)(H,16,17,18). The molecule has 0 aliphatic heterocycles. The van der Waals surface area contributed by atoms with Crippen LogP contribution in [-0.2, 0) is 4.79 Å². The molecule has 4 bridgehead atoms. The third-order valence-corrected chi connectivity index (χ3v) is 5.94. The third kappa shape index (κ3) is 1.95. The largest absolute Gasteiger partial charge is 0.481 e. The molecule has 4 saturated carbocycles. The molecule has 1 heterocycles. The van der Waals surface area contributed by atoms with Crippen LogP contribution in [0.5, 0.6) is 0 Å². The van der Waals surface area contributed by atoms with Crippen LogP contribution in [0.1, 0.15) is 50.3 Å². The smallest absolute Gasteiger partial charge is 0.304 e. The van der Waals surface area contributed by atoms with Gasteiger partial charge in [0.1, 0.15) is 12.2 Å². The first-order valence-electron chi connectivity index (χ1n) is 7.77. The third-order valence-electron chi connectivity index (χ3n) is 5.94. The Bertz CT molecular complexity index is 471. The van der Waals surface area contributed by atoms with Gasteiger partial charge in [0.15, 0.2) is 0 Å². The number of aliphatic carboxylic acids is 1. The average molecular weight is 275 g/mol. The summed E-state index contributed by atoms with van der Waals surface area (Å²) in [6.07, 6.45) is 8.34. The number of carboxylic acid groups (broad SMARTS) is 1. The Morgan fingerprint density at radius 3 is 2.40 bits per heavy atom. The highest BCUT2D eigenvalue weighted by Crippen LogP contribution is 2.59. The van der Waals surface area contributed by atoms with E-state index in [0.29, 0.717) is 17.8 Å². The van der Waals surface area contributed by atoms with Crippen LogP contribution in [0.25, 0.3) is 0 Å². The van der Waals surface area contributed by atoms with Gasteiger partial charge in [-0.15, -0.1) is 0 Å². The molecule has 4 fully saturated rings. The predicted molar refractivity (Wildman–Crippen MR) is 71.9 cm³/mol. The Balaban J connectivity index is 1.64. The molecule has 4 aliphatic carbocycles. The molecule has 1 aromatic rings. The fourth-order valence-electron chi connectivity index (χ4n) is 5.62. The Labute approximate surface area is 118 Å². The summed E-state index contributed by atoms with van der Waals surface area (Å²) in [5, 5.41) is 16.1. The van der Waals surface area contributed by atoms with Crippen LogP contribution in [0, 0.1) is 29.6 Å². The zero-order valence-corrected chi connectivity index (χ0v) is 11.5. The number of carbonyl (C=O) groups is 1. The summed E-state index contributed by atoms with van der Waals surface area (Å²) in [6.45, 7) is 0. The Kier molecular flexibility index (Phi) is 2.82. The van der Waals surface area contributed by atoms with Crippen molar-refractivity contribution in [1.29, 1.82) is 0 Å². The molecule has 0 saturated heterocycles. The van der Waals surface area contributed by atoms with Gasteiger partial charge in [0.25, 0.3) is 0 Å². The summed E-state index contributed by atoms with van der Waals surface area (Å²) in [6, 6.07) is 0. The van der Waals surface area contributed by atoms with E-state index in [9.17, 15) is 9.90 Å². The number of hydrogen-bond donors (Lipinski definition) is 2. The zero-order chi connectivity index (χ0) is 13.7. The summed E-state index contributed by atoms with van der Waals surface area (Å²) in [5.41, 5.74) is 0. The number of carboxylic acids is 1. The second kappa shape index (κ2) is 4.57. The van der Waals surface area contributed by atoms with E-state index in [1.807, 2.05) is 0 Å². The first-order chi connectivity index (χ1) is 9.70. The van der Waals surface area contributed by atoms with Gasteiger partial charge in [0, 0.05) is 5.92 Å². The lowest BCUT2D eigenvalue weighted by molar-refractivity contribution is -0.139. The second-order valence-electron chi connectivity index (χ2n) is 7.08. The lowest BCUT2D eigenvalue weighted by Gasteiger charge is -2.56. The van der Waals surface area contributed by atoms with Crippen LogP contribution < -0.4 is 0 Å². The fourth-order valence-corrected chi connectivity index (χ4v) is 5.62. The van der Waals surface area contributed by atoms with Gasteiger partial charge in [0.2, 0.25) is 0 Å². The van der Waals surface area contributed by atoms with Gasteiger partial charge in [-0.25, -0.2) is 4.98 Å². The van der Waals surface area contributed by atoms with Crippen molar-refractivity contribution in [3.63, 3.8) is 0 Å². The second-order valence-corrected chi connectivity index (χ2v) is 7.08. The van der Waals surface area contributed by atoms with Crippen molar-refractivity contribution in [1.82, 2.24) is 15.2 Å². The van der Waals surface area contributed by atoms with Crippen molar-refractivity contribution in [3.8, 4) is 0 Å². The number of H-pyrrole nitrogens is 1. The number of nitrogens with one attached hydrogen (secondary N) is 1. The Hall–Kier alpha value is -1.39. The molecule has 108 valence electrons. The monoisotopic (exact) mass is 275 g/mol. The lowest BCUT2D eigenvalue weighted by atomic mass is 9.49. The molecule has 5 rings (SSSR count). The number of hydrogen-bond acceptors (Lipinski definition) is 3. The molecule has 0 amide bonds. The van der Waals surface area contributed by atoms with E-state index in [1.54, 1.807) is 0 Å². The van der Waals surface area contributed by atoms with Gasteiger partial charge in [0.05, 0.1) is 6.42 Å². The van der Waals surface area contributed by atoms with E-state index < -0.39 is 5.97 Å². The van der Waals surface area contributed by atoms with Crippen LogP contribution in [-0.4, -0.2) is 26.3 Å². The highest BCUT2D eigenvalue weighted by Gasteiger charge is 2.51. The molecule has 1 atom stereocenters. The SMILES string of the molecule is O=C(O)CC(c1ncn[nH]1)C1C2CC3CC(C2)CC1C3. The molecule has 0 spiro atoms. The summed E-state index contributed by atoms with van der Waals surface area (Å²) < 4.78 is 0.